The minimum Gasteiger partial charge on any atom is -0.329 e. The van der Waals surface area contributed by atoms with Crippen LogP contribution in [0.5, 0.6) is 0 Å². The standard InChI is InChI=1S/C20H21FN2/c21-19-9-6-15(7-10-19)14-23-20(13-22)12-16-5-8-17-3-1-2-4-18(17)11-16/h1-11,20,23H,12-14,22H2. The lowest BCUT2D eigenvalue weighted by molar-refractivity contribution is 0.515. The van der Waals surface area contributed by atoms with Crippen LogP contribution in [0.25, 0.3) is 10.8 Å². The molecule has 0 aliphatic carbocycles. The highest BCUT2D eigenvalue weighted by Gasteiger charge is 2.08. The minimum absolute atomic E-state index is 0.196. The molecule has 0 bridgehead atoms. The number of hydrogen-bond donors (Lipinski definition) is 2. The molecule has 3 N–H and O–H groups in total. The molecule has 0 heterocycles. The Kier molecular flexibility index (Phi) is 5.01. The first-order valence-corrected chi connectivity index (χ1v) is 7.90. The van der Waals surface area contributed by atoms with Crippen molar-refractivity contribution in [3.05, 3.63) is 83.7 Å². The molecule has 0 amide bonds. The number of benzene rings is 3. The maximum Gasteiger partial charge on any atom is 0.123 e. The molecule has 1 atom stereocenters. The van der Waals surface area contributed by atoms with E-state index in [1.54, 1.807) is 12.1 Å². The summed E-state index contributed by atoms with van der Waals surface area (Å²) in [6.07, 6.45) is 0.878. The van der Waals surface area contributed by atoms with Gasteiger partial charge in [-0.05, 0) is 40.5 Å². The Balaban J connectivity index is 1.64. The minimum atomic E-state index is -0.208. The summed E-state index contributed by atoms with van der Waals surface area (Å²) < 4.78 is 12.9. The molecule has 0 radical (unpaired) electrons. The molecule has 3 heteroatoms. The maximum absolute atomic E-state index is 12.9. The summed E-state index contributed by atoms with van der Waals surface area (Å²) in [6, 6.07) is 21.6. The van der Waals surface area contributed by atoms with Crippen LogP contribution in [-0.2, 0) is 13.0 Å². The van der Waals surface area contributed by atoms with E-state index in [2.05, 4.69) is 47.8 Å². The van der Waals surface area contributed by atoms with Gasteiger partial charge >= 0.3 is 0 Å². The topological polar surface area (TPSA) is 38.0 Å². The van der Waals surface area contributed by atoms with Gasteiger partial charge in [0.15, 0.2) is 0 Å². The van der Waals surface area contributed by atoms with E-state index in [0.29, 0.717) is 13.1 Å². The van der Waals surface area contributed by atoms with Crippen LogP contribution in [0.4, 0.5) is 4.39 Å². The van der Waals surface area contributed by atoms with Crippen LogP contribution in [0, 0.1) is 5.82 Å². The third-order valence-corrected chi connectivity index (χ3v) is 4.09. The zero-order chi connectivity index (χ0) is 16.1. The highest BCUT2D eigenvalue weighted by atomic mass is 19.1. The van der Waals surface area contributed by atoms with Gasteiger partial charge in [0.2, 0.25) is 0 Å². The average Bonchev–Trinajstić information content (AvgIpc) is 2.60. The SMILES string of the molecule is NCC(Cc1ccc2ccccc2c1)NCc1ccc(F)cc1. The molecule has 3 aromatic rings. The molecule has 2 nitrogen and oxygen atoms in total. The summed E-state index contributed by atoms with van der Waals surface area (Å²) in [4.78, 5) is 0. The first-order chi connectivity index (χ1) is 11.2. The molecule has 0 aliphatic rings. The van der Waals surface area contributed by atoms with Gasteiger partial charge in [-0.1, -0.05) is 54.6 Å². The molecule has 0 spiro atoms. The summed E-state index contributed by atoms with van der Waals surface area (Å²) in [7, 11) is 0. The van der Waals surface area contributed by atoms with Crippen LogP contribution >= 0.6 is 0 Å². The predicted molar refractivity (Wildman–Crippen MR) is 93.7 cm³/mol. The Morgan fingerprint density at radius 1 is 0.870 bits per heavy atom. The normalized spacial score (nSPS) is 12.4. The Morgan fingerprint density at radius 3 is 2.30 bits per heavy atom. The van der Waals surface area contributed by atoms with E-state index >= 15 is 0 Å². The number of fused-ring (bicyclic) bond motifs is 1. The number of rotatable bonds is 6. The highest BCUT2D eigenvalue weighted by molar-refractivity contribution is 5.82. The van der Waals surface area contributed by atoms with Crippen molar-refractivity contribution in [2.45, 2.75) is 19.0 Å². The molecule has 0 fully saturated rings. The van der Waals surface area contributed by atoms with Crippen molar-refractivity contribution >= 4 is 10.8 Å². The van der Waals surface area contributed by atoms with Crippen molar-refractivity contribution in [1.29, 1.82) is 0 Å². The fourth-order valence-electron chi connectivity index (χ4n) is 2.75. The van der Waals surface area contributed by atoms with Gasteiger partial charge in [-0.3, -0.25) is 0 Å². The fourth-order valence-corrected chi connectivity index (χ4v) is 2.75. The molecule has 0 saturated heterocycles. The summed E-state index contributed by atoms with van der Waals surface area (Å²) >= 11 is 0. The number of nitrogens with one attached hydrogen (secondary N) is 1. The van der Waals surface area contributed by atoms with Crippen molar-refractivity contribution in [2.75, 3.05) is 6.54 Å². The lowest BCUT2D eigenvalue weighted by Gasteiger charge is -2.17. The molecular formula is C20H21FN2. The van der Waals surface area contributed by atoms with Gasteiger partial charge in [0.05, 0.1) is 0 Å². The number of hydrogen-bond acceptors (Lipinski definition) is 2. The van der Waals surface area contributed by atoms with Crippen molar-refractivity contribution in [2.24, 2.45) is 5.73 Å². The Hall–Kier alpha value is -2.23. The molecule has 0 aliphatic heterocycles. The third-order valence-electron chi connectivity index (χ3n) is 4.09. The average molecular weight is 308 g/mol. The van der Waals surface area contributed by atoms with Gasteiger partial charge in [0, 0.05) is 19.1 Å². The van der Waals surface area contributed by atoms with Gasteiger partial charge in [0.1, 0.15) is 5.82 Å². The molecular weight excluding hydrogens is 287 g/mol. The second kappa shape index (κ2) is 7.36. The van der Waals surface area contributed by atoms with Gasteiger partial charge in [-0.25, -0.2) is 4.39 Å². The lowest BCUT2D eigenvalue weighted by Crippen LogP contribution is -2.37. The number of nitrogens with two attached hydrogens (primary N) is 1. The van der Waals surface area contributed by atoms with Crippen LogP contribution in [0.2, 0.25) is 0 Å². The van der Waals surface area contributed by atoms with Crippen molar-refractivity contribution in [3.63, 3.8) is 0 Å². The van der Waals surface area contributed by atoms with E-state index in [9.17, 15) is 4.39 Å². The third kappa shape index (κ3) is 4.15. The van der Waals surface area contributed by atoms with Gasteiger partial charge in [-0.2, -0.15) is 0 Å². The van der Waals surface area contributed by atoms with E-state index in [1.807, 2.05) is 0 Å². The van der Waals surface area contributed by atoms with Gasteiger partial charge < -0.3 is 11.1 Å². The number of halogens is 1. The quantitative estimate of drug-likeness (QED) is 0.729. The first-order valence-electron chi connectivity index (χ1n) is 7.90. The molecule has 1 unspecified atom stereocenters. The van der Waals surface area contributed by atoms with Crippen LogP contribution in [0.3, 0.4) is 0 Å². The maximum atomic E-state index is 12.9. The van der Waals surface area contributed by atoms with Gasteiger partial charge in [0.25, 0.3) is 0 Å². The van der Waals surface area contributed by atoms with Crippen molar-refractivity contribution in [3.8, 4) is 0 Å². The van der Waals surface area contributed by atoms with Crippen molar-refractivity contribution < 1.29 is 4.39 Å². The van der Waals surface area contributed by atoms with E-state index in [4.69, 9.17) is 5.73 Å². The monoisotopic (exact) mass is 308 g/mol. The van der Waals surface area contributed by atoms with E-state index in [1.165, 1.54) is 28.5 Å². The van der Waals surface area contributed by atoms with Crippen LogP contribution < -0.4 is 11.1 Å². The van der Waals surface area contributed by atoms with E-state index in [0.717, 1.165) is 12.0 Å². The second-order valence-corrected chi connectivity index (χ2v) is 5.83. The van der Waals surface area contributed by atoms with Crippen LogP contribution in [0.15, 0.2) is 66.7 Å². The van der Waals surface area contributed by atoms with Crippen LogP contribution in [0.1, 0.15) is 11.1 Å². The van der Waals surface area contributed by atoms with E-state index in [-0.39, 0.29) is 11.9 Å². The summed E-state index contributed by atoms with van der Waals surface area (Å²) in [6.45, 7) is 1.25. The molecule has 0 saturated carbocycles. The Morgan fingerprint density at radius 2 is 1.57 bits per heavy atom. The van der Waals surface area contributed by atoms with Crippen LogP contribution in [-0.4, -0.2) is 12.6 Å². The molecule has 3 aromatic carbocycles. The molecule has 118 valence electrons. The van der Waals surface area contributed by atoms with Crippen molar-refractivity contribution in [1.82, 2.24) is 5.32 Å². The van der Waals surface area contributed by atoms with Gasteiger partial charge in [-0.15, -0.1) is 0 Å². The smallest absolute Gasteiger partial charge is 0.123 e. The largest absolute Gasteiger partial charge is 0.329 e. The lowest BCUT2D eigenvalue weighted by atomic mass is 10.0. The zero-order valence-corrected chi connectivity index (χ0v) is 13.0. The summed E-state index contributed by atoms with van der Waals surface area (Å²) in [5.74, 6) is -0.208. The highest BCUT2D eigenvalue weighted by Crippen LogP contribution is 2.16. The summed E-state index contributed by atoms with van der Waals surface area (Å²) in [5, 5.41) is 5.95. The molecule has 23 heavy (non-hydrogen) atoms. The zero-order valence-electron chi connectivity index (χ0n) is 13.0. The van der Waals surface area contributed by atoms with E-state index < -0.39 is 0 Å². The molecule has 3 rings (SSSR count). The Bertz CT molecular complexity index is 768. The molecule has 0 aromatic heterocycles. The summed E-state index contributed by atoms with van der Waals surface area (Å²) in [5.41, 5.74) is 8.23. The first kappa shape index (κ1) is 15.7. The second-order valence-electron chi connectivity index (χ2n) is 5.83. The fraction of sp³-hybridized carbons (Fsp3) is 0.200. The Labute approximate surface area is 136 Å². The predicted octanol–water partition coefficient (Wildman–Crippen LogP) is 3.64.